The zero-order valence-corrected chi connectivity index (χ0v) is 15.1. The van der Waals surface area contributed by atoms with Crippen molar-refractivity contribution in [3.63, 3.8) is 0 Å². The summed E-state index contributed by atoms with van der Waals surface area (Å²) in [6.07, 6.45) is 3.69. The lowest BCUT2D eigenvalue weighted by Gasteiger charge is -2.31. The molecule has 1 aromatic heterocycles. The van der Waals surface area contributed by atoms with Gasteiger partial charge >= 0.3 is 12.0 Å². The third-order valence-electron chi connectivity index (χ3n) is 5.55. The molecule has 2 aliphatic heterocycles. The molecule has 0 saturated carbocycles. The fraction of sp³-hybridized carbons (Fsp3) is 0.588. The van der Waals surface area contributed by atoms with Crippen molar-refractivity contribution in [3.8, 4) is 0 Å². The Kier molecular flexibility index (Phi) is 5.11. The van der Waals surface area contributed by atoms with E-state index >= 15 is 0 Å². The SMILES string of the molecule is C[C@@H]1CCC[N+]1(C(=O)O)C(=O)[C@@H](N)Cc1cn(C(=O)[C@@H]2CCC(=O)N2)cn1. The van der Waals surface area contributed by atoms with Gasteiger partial charge in [-0.1, -0.05) is 0 Å². The average molecular weight is 378 g/mol. The molecule has 10 nitrogen and oxygen atoms in total. The first-order valence-electron chi connectivity index (χ1n) is 9.03. The van der Waals surface area contributed by atoms with Crippen LogP contribution in [-0.2, 0) is 16.0 Å². The van der Waals surface area contributed by atoms with Gasteiger partial charge in [-0.2, -0.15) is 9.28 Å². The van der Waals surface area contributed by atoms with Gasteiger partial charge in [0.25, 0.3) is 5.91 Å². The normalized spacial score (nSPS) is 28.7. The number of imidazole rings is 1. The summed E-state index contributed by atoms with van der Waals surface area (Å²) in [5, 5.41) is 12.2. The highest BCUT2D eigenvalue weighted by atomic mass is 16.4. The van der Waals surface area contributed by atoms with Gasteiger partial charge < -0.3 is 16.2 Å². The Morgan fingerprint density at radius 3 is 2.74 bits per heavy atom. The van der Waals surface area contributed by atoms with Crippen molar-refractivity contribution in [1.29, 1.82) is 0 Å². The van der Waals surface area contributed by atoms with Crippen LogP contribution in [0.5, 0.6) is 0 Å². The molecular weight excluding hydrogens is 354 g/mol. The van der Waals surface area contributed by atoms with Crippen LogP contribution in [0.2, 0.25) is 0 Å². The van der Waals surface area contributed by atoms with E-state index < -0.39 is 28.6 Å². The predicted octanol–water partition coefficient (Wildman–Crippen LogP) is -0.125. The van der Waals surface area contributed by atoms with Crippen molar-refractivity contribution in [2.75, 3.05) is 6.54 Å². The molecule has 2 saturated heterocycles. The van der Waals surface area contributed by atoms with Crippen molar-refractivity contribution < 1.29 is 28.8 Å². The summed E-state index contributed by atoms with van der Waals surface area (Å²) in [6.45, 7) is 1.98. The molecule has 0 bridgehead atoms. The summed E-state index contributed by atoms with van der Waals surface area (Å²) < 4.78 is 0.609. The highest BCUT2D eigenvalue weighted by Crippen LogP contribution is 2.29. The quantitative estimate of drug-likeness (QED) is 0.619. The topological polar surface area (TPSA) is 144 Å². The summed E-state index contributed by atoms with van der Waals surface area (Å²) in [5.41, 5.74) is 6.44. The highest BCUT2D eigenvalue weighted by molar-refractivity contribution is 5.92. The van der Waals surface area contributed by atoms with Crippen LogP contribution in [0.25, 0.3) is 0 Å². The predicted molar refractivity (Wildman–Crippen MR) is 92.6 cm³/mol. The van der Waals surface area contributed by atoms with Crippen molar-refractivity contribution in [2.24, 2.45) is 5.73 Å². The minimum Gasteiger partial charge on any atom is -0.435 e. The zero-order valence-electron chi connectivity index (χ0n) is 15.1. The number of carbonyl (C=O) groups is 4. The zero-order chi connectivity index (χ0) is 19.8. The molecule has 0 aromatic carbocycles. The molecule has 0 aliphatic carbocycles. The molecule has 4 N–H and O–H groups in total. The summed E-state index contributed by atoms with van der Waals surface area (Å²) in [6, 6.07) is -1.95. The number of hydrogen-bond donors (Lipinski definition) is 3. The number of nitrogens with two attached hydrogens (primary N) is 1. The van der Waals surface area contributed by atoms with E-state index in [1.165, 1.54) is 17.1 Å². The summed E-state index contributed by atoms with van der Waals surface area (Å²) in [4.78, 5) is 52.3. The van der Waals surface area contributed by atoms with E-state index in [1.54, 1.807) is 6.92 Å². The van der Waals surface area contributed by atoms with E-state index in [-0.39, 0.29) is 30.8 Å². The van der Waals surface area contributed by atoms with Gasteiger partial charge in [-0.25, -0.2) is 9.78 Å². The number of aromatic nitrogens is 2. The first-order valence-corrected chi connectivity index (χ1v) is 9.03. The third kappa shape index (κ3) is 3.37. The van der Waals surface area contributed by atoms with Gasteiger partial charge in [-0.15, -0.1) is 0 Å². The number of carbonyl (C=O) groups excluding carboxylic acids is 3. The third-order valence-corrected chi connectivity index (χ3v) is 5.55. The molecule has 3 rings (SSSR count). The Labute approximate surface area is 155 Å². The van der Waals surface area contributed by atoms with Crippen LogP contribution in [-0.4, -0.2) is 67.6 Å². The second-order valence-electron chi connectivity index (χ2n) is 7.28. The number of carboxylic acid groups (broad SMARTS) is 1. The van der Waals surface area contributed by atoms with Gasteiger partial charge in [-0.3, -0.25) is 14.2 Å². The fourth-order valence-electron chi connectivity index (χ4n) is 3.96. The van der Waals surface area contributed by atoms with E-state index in [0.717, 1.165) is 0 Å². The highest BCUT2D eigenvalue weighted by Gasteiger charge is 2.54. The number of likely N-dealkylation sites (tertiary alicyclic amines) is 1. The maximum Gasteiger partial charge on any atom is 0.521 e. The number of rotatable bonds is 4. The van der Waals surface area contributed by atoms with Gasteiger partial charge in [0.05, 0.1) is 12.2 Å². The Morgan fingerprint density at radius 1 is 1.44 bits per heavy atom. The van der Waals surface area contributed by atoms with Gasteiger partial charge in [0.1, 0.15) is 24.5 Å². The van der Waals surface area contributed by atoms with Crippen molar-refractivity contribution in [2.45, 2.75) is 57.2 Å². The Bertz CT molecular complexity index is 790. The number of amides is 3. The Hall–Kier alpha value is -2.59. The molecule has 3 amide bonds. The monoisotopic (exact) mass is 378 g/mol. The van der Waals surface area contributed by atoms with E-state index in [1.807, 2.05) is 0 Å². The first-order chi connectivity index (χ1) is 12.8. The molecular formula is C17H24N5O5+. The van der Waals surface area contributed by atoms with E-state index in [0.29, 0.717) is 31.4 Å². The molecule has 1 aromatic rings. The average Bonchev–Trinajstić information content (AvgIpc) is 3.34. The number of nitrogens with one attached hydrogen (secondary N) is 1. The lowest BCUT2D eigenvalue weighted by atomic mass is 10.1. The summed E-state index contributed by atoms with van der Waals surface area (Å²) in [5.74, 6) is -1.01. The summed E-state index contributed by atoms with van der Waals surface area (Å²) in [7, 11) is 0. The second-order valence-corrected chi connectivity index (χ2v) is 7.28. The number of hydrogen-bond acceptors (Lipinski definition) is 6. The molecule has 146 valence electrons. The van der Waals surface area contributed by atoms with E-state index in [2.05, 4.69) is 10.3 Å². The Balaban J connectivity index is 1.69. The van der Waals surface area contributed by atoms with Crippen LogP contribution in [0.1, 0.15) is 43.1 Å². The minimum absolute atomic E-state index is 0.0378. The molecule has 3 heterocycles. The van der Waals surface area contributed by atoms with E-state index in [4.69, 9.17) is 5.73 Å². The van der Waals surface area contributed by atoms with Gasteiger partial charge in [0, 0.05) is 31.9 Å². The van der Waals surface area contributed by atoms with E-state index in [9.17, 15) is 24.3 Å². The smallest absolute Gasteiger partial charge is 0.435 e. The number of quaternary nitrogens is 1. The molecule has 2 aliphatic rings. The van der Waals surface area contributed by atoms with Crippen LogP contribution in [0.15, 0.2) is 12.5 Å². The largest absolute Gasteiger partial charge is 0.521 e. The molecule has 1 unspecified atom stereocenters. The standard InChI is InChI=1S/C17H23N5O5/c1-10-3-2-6-22(10,17(26)27)16(25)12(18)7-11-8-21(9-19-11)15(24)13-4-5-14(23)20-13/h8-10,12-13H,2-7,18H2,1H3,(H-,20,23,26,27)/p+1/t10-,12+,13+,22?/m1/s1. The van der Waals surface area contributed by atoms with Crippen LogP contribution in [0.4, 0.5) is 4.79 Å². The molecule has 2 fully saturated rings. The fourth-order valence-corrected chi connectivity index (χ4v) is 3.96. The van der Waals surface area contributed by atoms with Gasteiger partial charge in [0.15, 0.2) is 0 Å². The van der Waals surface area contributed by atoms with Crippen molar-refractivity contribution in [3.05, 3.63) is 18.2 Å². The van der Waals surface area contributed by atoms with Crippen molar-refractivity contribution >= 4 is 23.8 Å². The Morgan fingerprint density at radius 2 is 2.19 bits per heavy atom. The number of imide groups is 1. The number of nitrogens with zero attached hydrogens (tertiary/aromatic N) is 3. The van der Waals surface area contributed by atoms with Gasteiger partial charge in [0.2, 0.25) is 5.91 Å². The first kappa shape index (κ1) is 19.2. The summed E-state index contributed by atoms with van der Waals surface area (Å²) >= 11 is 0. The van der Waals surface area contributed by atoms with Crippen molar-refractivity contribution in [1.82, 2.24) is 14.9 Å². The van der Waals surface area contributed by atoms with Crippen LogP contribution in [0.3, 0.4) is 0 Å². The molecule has 10 heteroatoms. The lowest BCUT2D eigenvalue weighted by Crippen LogP contribution is -2.63. The molecule has 0 spiro atoms. The second kappa shape index (κ2) is 7.20. The molecule has 4 atom stereocenters. The molecule has 27 heavy (non-hydrogen) atoms. The van der Waals surface area contributed by atoms with Crippen LogP contribution < -0.4 is 11.1 Å². The minimum atomic E-state index is -1.18. The van der Waals surface area contributed by atoms with Gasteiger partial charge in [-0.05, 0) is 13.3 Å². The maximum atomic E-state index is 12.8. The van der Waals surface area contributed by atoms with Crippen LogP contribution >= 0.6 is 0 Å². The molecule has 0 radical (unpaired) electrons. The lowest BCUT2D eigenvalue weighted by molar-refractivity contribution is -0.792. The maximum absolute atomic E-state index is 12.8. The van der Waals surface area contributed by atoms with Crippen LogP contribution in [0, 0.1) is 0 Å².